The summed E-state index contributed by atoms with van der Waals surface area (Å²) >= 11 is 0. The van der Waals surface area contributed by atoms with Gasteiger partial charge in [0.05, 0.1) is 5.69 Å². The summed E-state index contributed by atoms with van der Waals surface area (Å²) in [5.74, 6) is 1.76. The molecule has 2 atom stereocenters. The number of aromatic nitrogens is 1. The lowest BCUT2D eigenvalue weighted by Gasteiger charge is -2.21. The van der Waals surface area contributed by atoms with E-state index in [-0.39, 0.29) is 24.0 Å². The van der Waals surface area contributed by atoms with Crippen LogP contribution in [0.5, 0.6) is 0 Å². The van der Waals surface area contributed by atoms with E-state index in [4.69, 9.17) is 4.52 Å². The molecule has 0 saturated carbocycles. The van der Waals surface area contributed by atoms with Gasteiger partial charge in [-0.1, -0.05) is 35.5 Å². The molecule has 0 amide bonds. The molecule has 0 bridgehead atoms. The first-order valence-corrected chi connectivity index (χ1v) is 9.73. The number of aliphatic imine (C=N–C) groups is 1. The van der Waals surface area contributed by atoms with Gasteiger partial charge in [0.1, 0.15) is 5.76 Å². The van der Waals surface area contributed by atoms with Gasteiger partial charge in [-0.2, -0.15) is 0 Å². The van der Waals surface area contributed by atoms with Crippen LogP contribution in [0.1, 0.15) is 35.9 Å². The number of halogens is 1. The van der Waals surface area contributed by atoms with Gasteiger partial charge in [0.25, 0.3) is 0 Å². The quantitative estimate of drug-likeness (QED) is 0.365. The lowest BCUT2D eigenvalue weighted by atomic mass is 10.1. The molecule has 1 aromatic heterocycles. The van der Waals surface area contributed by atoms with Gasteiger partial charge in [0.15, 0.2) is 5.96 Å². The molecule has 2 unspecified atom stereocenters. The average Bonchev–Trinajstić information content (AvgIpc) is 3.17. The SMILES string of the molecule is CN=C(NCCc1c(C)noc1C)NC1CC(C)N(Cc2ccccc2)C1.I. The molecule has 7 heteroatoms. The molecular formula is C21H32IN5O. The number of benzene rings is 1. The Morgan fingerprint density at radius 2 is 2.04 bits per heavy atom. The van der Waals surface area contributed by atoms with Gasteiger partial charge in [-0.25, -0.2) is 0 Å². The maximum Gasteiger partial charge on any atom is 0.191 e. The Kier molecular flexibility index (Phi) is 8.75. The summed E-state index contributed by atoms with van der Waals surface area (Å²) < 4.78 is 5.23. The number of nitrogens with zero attached hydrogens (tertiary/aromatic N) is 3. The summed E-state index contributed by atoms with van der Waals surface area (Å²) in [5.41, 5.74) is 3.52. The van der Waals surface area contributed by atoms with Gasteiger partial charge in [-0.05, 0) is 39.2 Å². The molecule has 1 aliphatic rings. The molecule has 1 aliphatic heterocycles. The third-order valence-electron chi connectivity index (χ3n) is 5.35. The van der Waals surface area contributed by atoms with Crippen molar-refractivity contribution in [1.29, 1.82) is 0 Å². The summed E-state index contributed by atoms with van der Waals surface area (Å²) in [7, 11) is 1.82. The third-order valence-corrected chi connectivity index (χ3v) is 5.35. The molecule has 1 fully saturated rings. The highest BCUT2D eigenvalue weighted by Gasteiger charge is 2.29. The van der Waals surface area contributed by atoms with Crippen LogP contribution in [0.2, 0.25) is 0 Å². The van der Waals surface area contributed by atoms with Gasteiger partial charge in [-0.15, -0.1) is 24.0 Å². The second kappa shape index (κ2) is 10.8. The minimum absolute atomic E-state index is 0. The first-order valence-electron chi connectivity index (χ1n) is 9.73. The number of rotatable bonds is 6. The lowest BCUT2D eigenvalue weighted by Crippen LogP contribution is -2.45. The fourth-order valence-corrected chi connectivity index (χ4v) is 3.79. The van der Waals surface area contributed by atoms with Crippen LogP contribution in [0, 0.1) is 13.8 Å². The zero-order valence-corrected chi connectivity index (χ0v) is 19.6. The number of hydrogen-bond acceptors (Lipinski definition) is 4. The van der Waals surface area contributed by atoms with Crippen molar-refractivity contribution >= 4 is 29.9 Å². The summed E-state index contributed by atoms with van der Waals surface area (Å²) in [6, 6.07) is 11.6. The normalized spacial score (nSPS) is 20.1. The van der Waals surface area contributed by atoms with Crippen molar-refractivity contribution in [3.63, 3.8) is 0 Å². The molecule has 3 rings (SSSR count). The van der Waals surface area contributed by atoms with Gasteiger partial charge in [0.2, 0.25) is 0 Å². The Balaban J connectivity index is 0.00000280. The molecule has 28 heavy (non-hydrogen) atoms. The summed E-state index contributed by atoms with van der Waals surface area (Å²) in [6.45, 7) is 9.08. The van der Waals surface area contributed by atoms with Crippen LogP contribution in [-0.4, -0.2) is 48.2 Å². The largest absolute Gasteiger partial charge is 0.361 e. The molecule has 0 aliphatic carbocycles. The van der Waals surface area contributed by atoms with Crippen LogP contribution in [0.4, 0.5) is 0 Å². The molecule has 6 nitrogen and oxygen atoms in total. The van der Waals surface area contributed by atoms with Crippen molar-refractivity contribution in [2.45, 2.75) is 52.2 Å². The molecule has 2 heterocycles. The Hall–Kier alpha value is -1.61. The van der Waals surface area contributed by atoms with Crippen molar-refractivity contribution in [3.8, 4) is 0 Å². The maximum atomic E-state index is 5.23. The zero-order valence-electron chi connectivity index (χ0n) is 17.2. The highest BCUT2D eigenvalue weighted by Crippen LogP contribution is 2.20. The van der Waals surface area contributed by atoms with Crippen LogP contribution >= 0.6 is 24.0 Å². The average molecular weight is 497 g/mol. The predicted molar refractivity (Wildman–Crippen MR) is 124 cm³/mol. The van der Waals surface area contributed by atoms with E-state index in [0.717, 1.165) is 49.9 Å². The second-order valence-electron chi connectivity index (χ2n) is 7.39. The molecule has 2 N–H and O–H groups in total. The Bertz CT molecular complexity index is 742. The van der Waals surface area contributed by atoms with Gasteiger partial charge >= 0.3 is 0 Å². The Labute approximate surface area is 185 Å². The summed E-state index contributed by atoms with van der Waals surface area (Å²) in [6.07, 6.45) is 2.00. The fourth-order valence-electron chi connectivity index (χ4n) is 3.79. The first-order chi connectivity index (χ1) is 13.1. The van der Waals surface area contributed by atoms with E-state index in [0.29, 0.717) is 12.1 Å². The van der Waals surface area contributed by atoms with Gasteiger partial charge < -0.3 is 15.2 Å². The van der Waals surface area contributed by atoms with E-state index in [1.54, 1.807) is 0 Å². The topological polar surface area (TPSA) is 65.7 Å². The number of nitrogens with one attached hydrogen (secondary N) is 2. The predicted octanol–water partition coefficient (Wildman–Crippen LogP) is 3.28. The lowest BCUT2D eigenvalue weighted by molar-refractivity contribution is 0.258. The van der Waals surface area contributed by atoms with E-state index in [9.17, 15) is 0 Å². The highest BCUT2D eigenvalue weighted by molar-refractivity contribution is 14.0. The first kappa shape index (κ1) is 22.7. The Morgan fingerprint density at radius 3 is 2.68 bits per heavy atom. The standard InChI is InChI=1S/C21H31N5O.HI/c1-15-12-19(14-26(15)13-18-8-6-5-7-9-18)24-21(22-4)23-11-10-20-16(2)25-27-17(20)3;/h5-9,15,19H,10-14H2,1-4H3,(H2,22,23,24);1H. The number of hydrogen-bond donors (Lipinski definition) is 2. The minimum atomic E-state index is 0. The number of aryl methyl sites for hydroxylation is 2. The van der Waals surface area contributed by atoms with Crippen molar-refractivity contribution in [1.82, 2.24) is 20.7 Å². The third kappa shape index (κ3) is 5.94. The van der Waals surface area contributed by atoms with E-state index < -0.39 is 0 Å². The van der Waals surface area contributed by atoms with Crippen molar-refractivity contribution in [2.75, 3.05) is 20.1 Å². The number of guanidine groups is 1. The molecular weight excluding hydrogens is 465 g/mol. The van der Waals surface area contributed by atoms with Crippen LogP contribution < -0.4 is 10.6 Å². The number of likely N-dealkylation sites (tertiary alicyclic amines) is 1. The summed E-state index contributed by atoms with van der Waals surface area (Å²) in [4.78, 5) is 6.92. The maximum absolute atomic E-state index is 5.23. The van der Waals surface area contributed by atoms with E-state index in [2.05, 4.69) is 62.9 Å². The van der Waals surface area contributed by atoms with Gasteiger partial charge in [-0.3, -0.25) is 9.89 Å². The van der Waals surface area contributed by atoms with Crippen LogP contribution in [0.3, 0.4) is 0 Å². The van der Waals surface area contributed by atoms with Crippen LogP contribution in [-0.2, 0) is 13.0 Å². The monoisotopic (exact) mass is 497 g/mol. The second-order valence-corrected chi connectivity index (χ2v) is 7.39. The smallest absolute Gasteiger partial charge is 0.191 e. The molecule has 0 spiro atoms. The Morgan fingerprint density at radius 1 is 1.29 bits per heavy atom. The zero-order chi connectivity index (χ0) is 19.2. The molecule has 0 radical (unpaired) electrons. The van der Waals surface area contributed by atoms with Crippen LogP contribution in [0.25, 0.3) is 0 Å². The fraction of sp³-hybridized carbons (Fsp3) is 0.524. The molecule has 2 aromatic rings. The van der Waals surface area contributed by atoms with E-state index >= 15 is 0 Å². The minimum Gasteiger partial charge on any atom is -0.361 e. The highest BCUT2D eigenvalue weighted by atomic mass is 127. The molecule has 1 aromatic carbocycles. The van der Waals surface area contributed by atoms with E-state index in [1.165, 1.54) is 11.1 Å². The summed E-state index contributed by atoms with van der Waals surface area (Å²) in [5, 5.41) is 11.0. The van der Waals surface area contributed by atoms with Crippen molar-refractivity contribution < 1.29 is 4.52 Å². The van der Waals surface area contributed by atoms with Crippen molar-refractivity contribution in [2.24, 2.45) is 4.99 Å². The van der Waals surface area contributed by atoms with Crippen LogP contribution in [0.15, 0.2) is 39.8 Å². The molecule has 154 valence electrons. The molecule has 1 saturated heterocycles. The van der Waals surface area contributed by atoms with E-state index in [1.807, 2.05) is 20.9 Å². The van der Waals surface area contributed by atoms with Gasteiger partial charge in [0, 0.05) is 44.3 Å². The van der Waals surface area contributed by atoms with Crippen molar-refractivity contribution in [3.05, 3.63) is 52.9 Å².